The second-order valence-corrected chi connectivity index (χ2v) is 7.41. The summed E-state index contributed by atoms with van der Waals surface area (Å²) in [5.74, 6) is 0.983. The largest absolute Gasteiger partial charge is 0.372 e. The first-order valence-electron chi connectivity index (χ1n) is 8.56. The quantitative estimate of drug-likeness (QED) is 0.865. The molecule has 1 aromatic rings. The molecule has 7 heteroatoms. The predicted molar refractivity (Wildman–Crippen MR) is 92.2 cm³/mol. The number of hydrogen-bond donors (Lipinski definition) is 1. The number of ether oxygens (including phenoxy) is 1. The van der Waals surface area contributed by atoms with Gasteiger partial charge in [-0.15, -0.1) is 0 Å². The van der Waals surface area contributed by atoms with E-state index in [1.807, 2.05) is 27.7 Å². The van der Waals surface area contributed by atoms with Crippen LogP contribution in [0.1, 0.15) is 42.1 Å². The number of amides is 1. The van der Waals surface area contributed by atoms with E-state index in [2.05, 4.69) is 14.9 Å². The van der Waals surface area contributed by atoms with E-state index in [0.29, 0.717) is 19.7 Å². The van der Waals surface area contributed by atoms with E-state index in [-0.39, 0.29) is 23.4 Å². The summed E-state index contributed by atoms with van der Waals surface area (Å²) in [4.78, 5) is 25.9. The summed E-state index contributed by atoms with van der Waals surface area (Å²) >= 11 is 0. The Balaban J connectivity index is 1.88. The molecule has 1 atom stereocenters. The SMILES string of the molecule is Cc1nc(C(=O)N2CCOC(C)(C)C2)nc(N2CC[C@@H](N)C2)c1C. The highest BCUT2D eigenvalue weighted by Gasteiger charge is 2.32. The summed E-state index contributed by atoms with van der Waals surface area (Å²) in [5, 5.41) is 0. The van der Waals surface area contributed by atoms with E-state index in [0.717, 1.165) is 36.6 Å². The van der Waals surface area contributed by atoms with E-state index in [1.54, 1.807) is 4.90 Å². The van der Waals surface area contributed by atoms with Crippen LogP contribution in [-0.4, -0.2) is 65.2 Å². The second-order valence-electron chi connectivity index (χ2n) is 7.41. The fraction of sp³-hybridized carbons (Fsp3) is 0.706. The summed E-state index contributed by atoms with van der Waals surface area (Å²) in [6.07, 6.45) is 0.948. The highest BCUT2D eigenvalue weighted by molar-refractivity contribution is 5.91. The molecule has 2 aliphatic heterocycles. The molecule has 1 aromatic heterocycles. The molecule has 0 radical (unpaired) electrons. The lowest BCUT2D eigenvalue weighted by Gasteiger charge is -2.37. The molecule has 2 saturated heterocycles. The van der Waals surface area contributed by atoms with Crippen LogP contribution in [0, 0.1) is 13.8 Å². The highest BCUT2D eigenvalue weighted by atomic mass is 16.5. The van der Waals surface area contributed by atoms with E-state index >= 15 is 0 Å². The second kappa shape index (κ2) is 6.29. The molecule has 0 saturated carbocycles. The first kappa shape index (κ1) is 17.1. The minimum atomic E-state index is -0.335. The Morgan fingerprint density at radius 2 is 2.04 bits per heavy atom. The first-order valence-corrected chi connectivity index (χ1v) is 8.56. The molecule has 132 valence electrons. The molecule has 0 aliphatic carbocycles. The third-order valence-corrected chi connectivity index (χ3v) is 4.79. The Hall–Kier alpha value is -1.73. The predicted octanol–water partition coefficient (Wildman–Crippen LogP) is 0.882. The van der Waals surface area contributed by atoms with Crippen LogP contribution in [0.2, 0.25) is 0 Å². The molecule has 0 unspecified atom stereocenters. The van der Waals surface area contributed by atoms with Gasteiger partial charge >= 0.3 is 0 Å². The van der Waals surface area contributed by atoms with Crippen LogP contribution < -0.4 is 10.6 Å². The number of rotatable bonds is 2. The van der Waals surface area contributed by atoms with Gasteiger partial charge in [-0.25, -0.2) is 9.97 Å². The number of carbonyl (C=O) groups is 1. The number of carbonyl (C=O) groups excluding carboxylic acids is 1. The minimum absolute atomic E-state index is 0.126. The molecule has 7 nitrogen and oxygen atoms in total. The summed E-state index contributed by atoms with van der Waals surface area (Å²) < 4.78 is 5.68. The van der Waals surface area contributed by atoms with Crippen molar-refractivity contribution in [3.05, 3.63) is 17.1 Å². The fourth-order valence-corrected chi connectivity index (χ4v) is 3.33. The van der Waals surface area contributed by atoms with Gasteiger partial charge in [0.05, 0.1) is 12.2 Å². The van der Waals surface area contributed by atoms with Gasteiger partial charge in [0.15, 0.2) is 0 Å². The molecule has 1 amide bonds. The summed E-state index contributed by atoms with van der Waals surface area (Å²) in [6, 6.07) is 0.166. The molecule has 0 aromatic carbocycles. The van der Waals surface area contributed by atoms with Crippen molar-refractivity contribution in [1.29, 1.82) is 0 Å². The van der Waals surface area contributed by atoms with Crippen LogP contribution in [0.4, 0.5) is 5.82 Å². The lowest BCUT2D eigenvalue weighted by Crippen LogP contribution is -2.51. The van der Waals surface area contributed by atoms with Crippen molar-refractivity contribution in [1.82, 2.24) is 14.9 Å². The van der Waals surface area contributed by atoms with E-state index in [9.17, 15) is 4.79 Å². The zero-order chi connectivity index (χ0) is 17.5. The van der Waals surface area contributed by atoms with Crippen molar-refractivity contribution in [3.63, 3.8) is 0 Å². The Bertz CT molecular complexity index is 646. The van der Waals surface area contributed by atoms with Gasteiger partial charge in [-0.1, -0.05) is 0 Å². The standard InChI is InChI=1S/C17H27N5O2/c1-11-12(2)19-14(20-15(11)21-6-5-13(18)9-21)16(23)22-7-8-24-17(3,4)10-22/h13H,5-10,18H2,1-4H3/t13-/m1/s1. The molecular weight excluding hydrogens is 306 g/mol. The third-order valence-electron chi connectivity index (χ3n) is 4.79. The van der Waals surface area contributed by atoms with Gasteiger partial charge in [0.25, 0.3) is 5.91 Å². The maximum absolute atomic E-state index is 12.9. The minimum Gasteiger partial charge on any atom is -0.372 e. The number of nitrogens with zero attached hydrogens (tertiary/aromatic N) is 4. The maximum Gasteiger partial charge on any atom is 0.291 e. The number of anilines is 1. The van der Waals surface area contributed by atoms with Crippen molar-refractivity contribution < 1.29 is 9.53 Å². The average Bonchev–Trinajstić information content (AvgIpc) is 2.94. The summed E-state index contributed by atoms with van der Waals surface area (Å²) in [5.41, 5.74) is 7.55. The molecular formula is C17H27N5O2. The molecule has 3 heterocycles. The van der Waals surface area contributed by atoms with E-state index < -0.39 is 0 Å². The maximum atomic E-state index is 12.9. The lowest BCUT2D eigenvalue weighted by molar-refractivity contribution is -0.0766. The molecule has 0 spiro atoms. The number of morpholine rings is 1. The van der Waals surface area contributed by atoms with Crippen molar-refractivity contribution in [2.24, 2.45) is 5.73 Å². The Morgan fingerprint density at radius 1 is 1.29 bits per heavy atom. The summed E-state index contributed by atoms with van der Waals surface area (Å²) in [6.45, 7) is 11.2. The van der Waals surface area contributed by atoms with Gasteiger partial charge in [0, 0.05) is 43.5 Å². The van der Waals surface area contributed by atoms with Crippen LogP contribution in [0.3, 0.4) is 0 Å². The molecule has 0 bridgehead atoms. The number of nitrogens with two attached hydrogens (primary N) is 1. The third kappa shape index (κ3) is 3.37. The highest BCUT2D eigenvalue weighted by Crippen LogP contribution is 2.24. The Kier molecular flexibility index (Phi) is 4.48. The van der Waals surface area contributed by atoms with Crippen LogP contribution in [0.15, 0.2) is 0 Å². The van der Waals surface area contributed by atoms with Crippen molar-refractivity contribution in [3.8, 4) is 0 Å². The topological polar surface area (TPSA) is 84.6 Å². The summed E-state index contributed by atoms with van der Waals surface area (Å²) in [7, 11) is 0. The van der Waals surface area contributed by atoms with Crippen LogP contribution in [0.5, 0.6) is 0 Å². The van der Waals surface area contributed by atoms with Gasteiger partial charge < -0.3 is 20.3 Å². The van der Waals surface area contributed by atoms with Gasteiger partial charge in [0.2, 0.25) is 5.82 Å². The zero-order valence-electron chi connectivity index (χ0n) is 15.0. The molecule has 2 N–H and O–H groups in total. The molecule has 2 fully saturated rings. The van der Waals surface area contributed by atoms with Crippen LogP contribution >= 0.6 is 0 Å². The first-order chi connectivity index (χ1) is 11.3. The van der Waals surface area contributed by atoms with Gasteiger partial charge in [-0.05, 0) is 34.1 Å². The number of hydrogen-bond acceptors (Lipinski definition) is 6. The Morgan fingerprint density at radius 3 is 2.67 bits per heavy atom. The van der Waals surface area contributed by atoms with Crippen LogP contribution in [-0.2, 0) is 4.74 Å². The van der Waals surface area contributed by atoms with Gasteiger partial charge in [0.1, 0.15) is 5.82 Å². The number of aryl methyl sites for hydroxylation is 1. The van der Waals surface area contributed by atoms with E-state index in [1.165, 1.54) is 0 Å². The Labute approximate surface area is 143 Å². The van der Waals surface area contributed by atoms with Crippen LogP contribution in [0.25, 0.3) is 0 Å². The average molecular weight is 333 g/mol. The monoisotopic (exact) mass is 333 g/mol. The van der Waals surface area contributed by atoms with Gasteiger partial charge in [-0.2, -0.15) is 0 Å². The molecule has 3 rings (SSSR count). The molecule has 24 heavy (non-hydrogen) atoms. The smallest absolute Gasteiger partial charge is 0.291 e. The van der Waals surface area contributed by atoms with Crippen molar-refractivity contribution >= 4 is 11.7 Å². The lowest BCUT2D eigenvalue weighted by atomic mass is 10.1. The zero-order valence-corrected chi connectivity index (χ0v) is 15.0. The number of aromatic nitrogens is 2. The van der Waals surface area contributed by atoms with Gasteiger partial charge in [-0.3, -0.25) is 4.79 Å². The fourth-order valence-electron chi connectivity index (χ4n) is 3.33. The van der Waals surface area contributed by atoms with Crippen molar-refractivity contribution in [2.75, 3.05) is 37.7 Å². The normalized spacial score (nSPS) is 23.6. The van der Waals surface area contributed by atoms with E-state index in [4.69, 9.17) is 10.5 Å². The van der Waals surface area contributed by atoms with Crippen molar-refractivity contribution in [2.45, 2.75) is 45.8 Å². The molecule has 2 aliphatic rings.